The van der Waals surface area contributed by atoms with Gasteiger partial charge in [0.1, 0.15) is 0 Å². The van der Waals surface area contributed by atoms with Crippen LogP contribution in [0.4, 0.5) is 0 Å². The van der Waals surface area contributed by atoms with Crippen molar-refractivity contribution in [2.75, 3.05) is 13.1 Å². The molecule has 1 saturated carbocycles. The van der Waals surface area contributed by atoms with Crippen molar-refractivity contribution >= 4 is 5.91 Å². The van der Waals surface area contributed by atoms with Crippen molar-refractivity contribution in [3.05, 3.63) is 0 Å². The third-order valence-electron chi connectivity index (χ3n) is 4.29. The van der Waals surface area contributed by atoms with E-state index in [9.17, 15) is 4.79 Å². The summed E-state index contributed by atoms with van der Waals surface area (Å²) in [6.07, 6.45) is 3.72. The molecule has 0 aromatic heterocycles. The first-order chi connectivity index (χ1) is 7.85. The lowest BCUT2D eigenvalue weighted by molar-refractivity contribution is -0.125. The highest BCUT2D eigenvalue weighted by molar-refractivity contribution is 5.89. The predicted octanol–water partition coefficient (Wildman–Crippen LogP) is 0.857. The van der Waals surface area contributed by atoms with Gasteiger partial charge in [0.25, 0.3) is 0 Å². The first-order valence-electron chi connectivity index (χ1n) is 6.70. The van der Waals surface area contributed by atoms with Crippen LogP contribution in [-0.2, 0) is 4.79 Å². The highest BCUT2D eigenvalue weighted by Gasteiger charge is 2.48. The third kappa shape index (κ3) is 2.80. The van der Waals surface area contributed by atoms with Crippen LogP contribution >= 0.6 is 0 Å². The average molecular weight is 239 g/mol. The zero-order valence-electron chi connectivity index (χ0n) is 11.3. The van der Waals surface area contributed by atoms with Crippen LogP contribution in [0.3, 0.4) is 0 Å². The van der Waals surface area contributed by atoms with Crippen LogP contribution in [0.25, 0.3) is 0 Å². The van der Waals surface area contributed by atoms with Crippen molar-refractivity contribution in [1.29, 1.82) is 0 Å². The lowest BCUT2D eigenvalue weighted by atomic mass is 9.88. The molecule has 0 atom stereocenters. The minimum Gasteiger partial charge on any atom is -0.349 e. The van der Waals surface area contributed by atoms with E-state index in [1.54, 1.807) is 0 Å². The lowest BCUT2D eigenvalue weighted by Gasteiger charge is -2.42. The summed E-state index contributed by atoms with van der Waals surface area (Å²) in [7, 11) is 0. The van der Waals surface area contributed by atoms with Crippen molar-refractivity contribution in [3.8, 4) is 0 Å². The molecule has 1 heterocycles. The second kappa shape index (κ2) is 4.25. The van der Waals surface area contributed by atoms with Crippen molar-refractivity contribution in [3.63, 3.8) is 0 Å². The summed E-state index contributed by atoms with van der Waals surface area (Å²) in [5, 5.41) is 3.17. The second-order valence-electron chi connectivity index (χ2n) is 6.30. The fourth-order valence-corrected chi connectivity index (χ4v) is 2.42. The molecule has 17 heavy (non-hydrogen) atoms. The summed E-state index contributed by atoms with van der Waals surface area (Å²) in [6.45, 7) is 8.72. The largest absolute Gasteiger partial charge is 0.349 e. The smallest absolute Gasteiger partial charge is 0.240 e. The normalized spacial score (nSPS) is 26.9. The van der Waals surface area contributed by atoms with E-state index in [2.05, 4.69) is 31.0 Å². The lowest BCUT2D eigenvalue weighted by Crippen LogP contribution is -2.58. The van der Waals surface area contributed by atoms with Gasteiger partial charge in [0, 0.05) is 24.7 Å². The van der Waals surface area contributed by atoms with E-state index in [1.807, 2.05) is 0 Å². The number of nitrogens with two attached hydrogens (primary N) is 1. The standard InChI is InChI=1S/C13H25N3O/c1-10(2)16-8-6-12(3,7-9-16)15-11(17)13(14)4-5-13/h10H,4-9,14H2,1-3H3,(H,15,17). The Morgan fingerprint density at radius 1 is 1.24 bits per heavy atom. The van der Waals surface area contributed by atoms with Crippen LogP contribution in [0.1, 0.15) is 46.5 Å². The van der Waals surface area contributed by atoms with Crippen LogP contribution < -0.4 is 11.1 Å². The molecule has 0 unspecified atom stereocenters. The fraction of sp³-hybridized carbons (Fsp3) is 0.923. The molecule has 0 aromatic carbocycles. The number of rotatable bonds is 3. The Morgan fingerprint density at radius 3 is 2.18 bits per heavy atom. The zero-order chi connectivity index (χ0) is 12.7. The first-order valence-corrected chi connectivity index (χ1v) is 6.70. The number of amides is 1. The number of carbonyl (C=O) groups excluding carboxylic acids is 1. The number of hydrogen-bond acceptors (Lipinski definition) is 3. The SMILES string of the molecule is CC(C)N1CCC(C)(NC(=O)C2(N)CC2)CC1. The van der Waals surface area contributed by atoms with Crippen molar-refractivity contribution in [1.82, 2.24) is 10.2 Å². The molecule has 1 aliphatic carbocycles. The molecule has 0 spiro atoms. The number of nitrogens with zero attached hydrogens (tertiary/aromatic N) is 1. The van der Waals surface area contributed by atoms with Gasteiger partial charge in [0.15, 0.2) is 0 Å². The monoisotopic (exact) mass is 239 g/mol. The van der Waals surface area contributed by atoms with Gasteiger partial charge in [-0.15, -0.1) is 0 Å². The summed E-state index contributed by atoms with van der Waals surface area (Å²) in [5.74, 6) is 0.0537. The van der Waals surface area contributed by atoms with Crippen molar-refractivity contribution in [2.45, 2.75) is 63.6 Å². The topological polar surface area (TPSA) is 58.4 Å². The van der Waals surface area contributed by atoms with Gasteiger partial charge in [-0.1, -0.05) is 0 Å². The Labute approximate surface area is 104 Å². The van der Waals surface area contributed by atoms with E-state index in [4.69, 9.17) is 5.73 Å². The maximum absolute atomic E-state index is 12.0. The van der Waals surface area contributed by atoms with Crippen LogP contribution in [0.15, 0.2) is 0 Å². The van der Waals surface area contributed by atoms with Gasteiger partial charge in [0.05, 0.1) is 5.54 Å². The van der Waals surface area contributed by atoms with Gasteiger partial charge in [-0.05, 0) is 46.5 Å². The average Bonchev–Trinajstić information content (AvgIpc) is 2.98. The predicted molar refractivity (Wildman–Crippen MR) is 68.6 cm³/mol. The molecule has 2 fully saturated rings. The van der Waals surface area contributed by atoms with Crippen LogP contribution in [-0.4, -0.2) is 41.0 Å². The van der Waals surface area contributed by atoms with E-state index < -0.39 is 5.54 Å². The van der Waals surface area contributed by atoms with E-state index in [-0.39, 0.29) is 11.4 Å². The van der Waals surface area contributed by atoms with E-state index in [0.29, 0.717) is 6.04 Å². The fourth-order valence-electron chi connectivity index (χ4n) is 2.42. The minimum atomic E-state index is -0.543. The summed E-state index contributed by atoms with van der Waals surface area (Å²) < 4.78 is 0. The third-order valence-corrected chi connectivity index (χ3v) is 4.29. The van der Waals surface area contributed by atoms with E-state index in [0.717, 1.165) is 38.8 Å². The molecule has 2 aliphatic rings. The highest BCUT2D eigenvalue weighted by atomic mass is 16.2. The van der Waals surface area contributed by atoms with E-state index >= 15 is 0 Å². The Morgan fingerprint density at radius 2 is 1.76 bits per heavy atom. The summed E-state index contributed by atoms with van der Waals surface area (Å²) in [6, 6.07) is 0.597. The summed E-state index contributed by atoms with van der Waals surface area (Å²) >= 11 is 0. The van der Waals surface area contributed by atoms with Gasteiger partial charge in [-0.25, -0.2) is 0 Å². The van der Waals surface area contributed by atoms with Gasteiger partial charge < -0.3 is 16.0 Å². The zero-order valence-corrected chi connectivity index (χ0v) is 11.3. The number of carbonyl (C=O) groups is 1. The second-order valence-corrected chi connectivity index (χ2v) is 6.30. The van der Waals surface area contributed by atoms with Gasteiger partial charge in [0.2, 0.25) is 5.91 Å². The molecule has 1 saturated heterocycles. The maximum Gasteiger partial charge on any atom is 0.240 e. The van der Waals surface area contributed by atoms with Gasteiger partial charge in [-0.3, -0.25) is 4.79 Å². The van der Waals surface area contributed by atoms with E-state index in [1.165, 1.54) is 0 Å². The number of hydrogen-bond donors (Lipinski definition) is 2. The summed E-state index contributed by atoms with van der Waals surface area (Å²) in [5.41, 5.74) is 5.32. The molecule has 98 valence electrons. The van der Waals surface area contributed by atoms with Crippen molar-refractivity contribution in [2.24, 2.45) is 5.73 Å². The molecular formula is C13H25N3O. The van der Waals surface area contributed by atoms with Gasteiger partial charge >= 0.3 is 0 Å². The van der Waals surface area contributed by atoms with Crippen molar-refractivity contribution < 1.29 is 4.79 Å². The van der Waals surface area contributed by atoms with Crippen LogP contribution in [0, 0.1) is 0 Å². The molecular weight excluding hydrogens is 214 g/mol. The van der Waals surface area contributed by atoms with Gasteiger partial charge in [-0.2, -0.15) is 0 Å². The highest BCUT2D eigenvalue weighted by Crippen LogP contribution is 2.34. The summed E-state index contributed by atoms with van der Waals surface area (Å²) in [4.78, 5) is 14.4. The Balaban J connectivity index is 1.87. The Kier molecular flexibility index (Phi) is 3.21. The molecule has 1 amide bonds. The molecule has 2 rings (SSSR count). The molecule has 0 bridgehead atoms. The first kappa shape index (κ1) is 12.8. The molecule has 3 N–H and O–H groups in total. The number of likely N-dealkylation sites (tertiary alicyclic amines) is 1. The molecule has 1 aliphatic heterocycles. The number of piperidine rings is 1. The number of nitrogens with one attached hydrogen (secondary N) is 1. The molecule has 0 radical (unpaired) electrons. The van der Waals surface area contributed by atoms with Crippen LogP contribution in [0.2, 0.25) is 0 Å². The maximum atomic E-state index is 12.0. The molecule has 4 heteroatoms. The Bertz CT molecular complexity index is 302. The molecule has 0 aromatic rings. The minimum absolute atomic E-state index is 0.0537. The Hall–Kier alpha value is -0.610. The molecule has 4 nitrogen and oxygen atoms in total. The van der Waals surface area contributed by atoms with Crippen LogP contribution in [0.5, 0.6) is 0 Å². The quantitative estimate of drug-likeness (QED) is 0.768.